The number of anilines is 1. The molecule has 0 amide bonds. The van der Waals surface area contributed by atoms with Crippen LogP contribution in [0, 0.1) is 5.41 Å². The summed E-state index contributed by atoms with van der Waals surface area (Å²) in [6, 6.07) is 3.89. The third-order valence-corrected chi connectivity index (χ3v) is 4.22. The molecule has 4 nitrogen and oxygen atoms in total. The summed E-state index contributed by atoms with van der Waals surface area (Å²) < 4.78 is 0. The predicted molar refractivity (Wildman–Crippen MR) is 108 cm³/mol. The van der Waals surface area contributed by atoms with Crippen LogP contribution in [0.25, 0.3) is 5.57 Å². The van der Waals surface area contributed by atoms with Crippen molar-refractivity contribution in [2.75, 3.05) is 12.1 Å². The summed E-state index contributed by atoms with van der Waals surface area (Å²) >= 11 is 5.90. The van der Waals surface area contributed by atoms with E-state index >= 15 is 0 Å². The van der Waals surface area contributed by atoms with Crippen molar-refractivity contribution in [3.05, 3.63) is 53.1 Å². The lowest BCUT2D eigenvalue weighted by molar-refractivity contribution is 0.472. The summed E-state index contributed by atoms with van der Waals surface area (Å²) in [5.41, 5.74) is 3.74. The van der Waals surface area contributed by atoms with E-state index in [1.54, 1.807) is 30.3 Å². The Bertz CT molecular complexity index is 826. The van der Waals surface area contributed by atoms with E-state index in [0.29, 0.717) is 22.0 Å². The van der Waals surface area contributed by atoms with Gasteiger partial charge in [-0.25, -0.2) is 0 Å². The molecule has 0 radical (unpaired) electrons. The molecule has 5 heteroatoms. The van der Waals surface area contributed by atoms with Crippen molar-refractivity contribution in [1.29, 1.82) is 5.41 Å². The number of aromatic hydroxyl groups is 1. The number of hydrazone groups is 1. The second kappa shape index (κ2) is 6.89. The van der Waals surface area contributed by atoms with Crippen molar-refractivity contribution in [3.63, 3.8) is 0 Å². The van der Waals surface area contributed by atoms with Gasteiger partial charge in [-0.3, -0.25) is 10.4 Å². The first kappa shape index (κ1) is 19.0. The molecule has 0 saturated carbocycles. The lowest BCUT2D eigenvalue weighted by Gasteiger charge is -2.25. The summed E-state index contributed by atoms with van der Waals surface area (Å²) in [5.74, 6) is 0.132. The fourth-order valence-electron chi connectivity index (χ4n) is 2.44. The number of hydrogen-bond donors (Lipinski definition) is 2. The number of nitrogens with zero attached hydrogens (tertiary/aromatic N) is 2. The van der Waals surface area contributed by atoms with Crippen molar-refractivity contribution in [2.24, 2.45) is 5.10 Å². The topological polar surface area (TPSA) is 59.7 Å². The number of benzene rings is 1. The maximum absolute atomic E-state index is 10.7. The van der Waals surface area contributed by atoms with Crippen molar-refractivity contribution in [3.8, 4) is 5.75 Å². The van der Waals surface area contributed by atoms with Crippen LogP contribution >= 0.6 is 11.6 Å². The summed E-state index contributed by atoms with van der Waals surface area (Å²) in [6.07, 6.45) is 4.92. The van der Waals surface area contributed by atoms with E-state index in [9.17, 15) is 5.11 Å². The Morgan fingerprint density at radius 2 is 1.92 bits per heavy atom. The first-order valence-electron chi connectivity index (χ1n) is 8.00. The molecule has 2 N–H and O–H groups in total. The summed E-state index contributed by atoms with van der Waals surface area (Å²) in [6.45, 7) is 12.2. The first-order valence-corrected chi connectivity index (χ1v) is 8.38. The largest absolute Gasteiger partial charge is 0.505 e. The van der Waals surface area contributed by atoms with Crippen LogP contribution in [0.2, 0.25) is 0 Å². The van der Waals surface area contributed by atoms with Crippen molar-refractivity contribution in [1.82, 2.24) is 0 Å². The van der Waals surface area contributed by atoms with Crippen molar-refractivity contribution in [2.45, 2.75) is 33.1 Å². The highest BCUT2D eigenvalue weighted by molar-refractivity contribution is 6.52. The van der Waals surface area contributed by atoms with Crippen LogP contribution in [0.5, 0.6) is 5.75 Å². The predicted octanol–water partition coefficient (Wildman–Crippen LogP) is 5.23. The molecule has 0 saturated heterocycles. The normalized spacial score (nSPS) is 16.2. The third-order valence-electron chi connectivity index (χ3n) is 3.98. The van der Waals surface area contributed by atoms with Gasteiger partial charge in [0, 0.05) is 17.6 Å². The monoisotopic (exact) mass is 357 g/mol. The quantitative estimate of drug-likeness (QED) is 0.575. The van der Waals surface area contributed by atoms with Crippen molar-refractivity contribution >= 4 is 34.3 Å². The number of hydrogen-bond acceptors (Lipinski definition) is 4. The molecule has 0 spiro atoms. The second-order valence-corrected chi connectivity index (χ2v) is 7.64. The summed E-state index contributed by atoms with van der Waals surface area (Å²) in [5, 5.41) is 25.2. The lowest BCUT2D eigenvalue weighted by atomic mass is 9.84. The van der Waals surface area contributed by atoms with E-state index in [4.69, 9.17) is 17.0 Å². The Kier molecular flexibility index (Phi) is 5.23. The average Bonchev–Trinajstić information content (AvgIpc) is 2.48. The van der Waals surface area contributed by atoms with Gasteiger partial charge in [0.25, 0.3) is 0 Å². The fourth-order valence-corrected chi connectivity index (χ4v) is 2.61. The zero-order valence-corrected chi connectivity index (χ0v) is 16.1. The minimum atomic E-state index is -0.0889. The molecular formula is C20H24ClN3O. The lowest BCUT2D eigenvalue weighted by Crippen LogP contribution is -2.20. The standard InChI is InChI=1S/C20H24ClN3O/c1-12(2)15-9-13(20(3,4)5)10-18(19(15)25)24(6)23-17-8-7-14(21)11-16(17)22/h7-11,22,25H,1H2,2-6H3/b22-16?,23-17-. The van der Waals surface area contributed by atoms with E-state index in [1.807, 2.05) is 19.1 Å². The molecule has 0 fully saturated rings. The molecule has 0 heterocycles. The van der Waals surface area contributed by atoms with Gasteiger partial charge in [0.05, 0.1) is 5.71 Å². The van der Waals surface area contributed by atoms with Crippen LogP contribution in [-0.4, -0.2) is 23.6 Å². The van der Waals surface area contributed by atoms with E-state index in [-0.39, 0.29) is 16.9 Å². The van der Waals surface area contributed by atoms with E-state index < -0.39 is 0 Å². The molecule has 2 rings (SSSR count). The van der Waals surface area contributed by atoms with Gasteiger partial charge in [0.1, 0.15) is 17.1 Å². The summed E-state index contributed by atoms with van der Waals surface area (Å²) in [4.78, 5) is 0. The molecule has 1 aliphatic carbocycles. The number of allylic oxidation sites excluding steroid dienone is 5. The number of halogens is 1. The zero-order valence-electron chi connectivity index (χ0n) is 15.3. The van der Waals surface area contributed by atoms with E-state index in [1.165, 1.54) is 0 Å². The highest BCUT2D eigenvalue weighted by Gasteiger charge is 2.21. The van der Waals surface area contributed by atoms with Crippen LogP contribution < -0.4 is 5.01 Å². The van der Waals surface area contributed by atoms with Crippen LogP contribution in [-0.2, 0) is 5.41 Å². The zero-order chi connectivity index (χ0) is 18.9. The number of nitrogens with one attached hydrogen (secondary N) is 1. The van der Waals surface area contributed by atoms with Crippen LogP contribution in [0.3, 0.4) is 0 Å². The highest BCUT2D eigenvalue weighted by Crippen LogP contribution is 2.39. The number of phenols is 1. The van der Waals surface area contributed by atoms with Crippen molar-refractivity contribution < 1.29 is 5.11 Å². The smallest absolute Gasteiger partial charge is 0.148 e. The number of phenolic OH excluding ortho intramolecular Hbond substituents is 1. The maximum atomic E-state index is 10.7. The van der Waals surface area contributed by atoms with Gasteiger partial charge >= 0.3 is 0 Å². The second-order valence-electron chi connectivity index (χ2n) is 7.21. The molecular weight excluding hydrogens is 334 g/mol. The Morgan fingerprint density at radius 1 is 1.28 bits per heavy atom. The third kappa shape index (κ3) is 4.20. The Hall–Kier alpha value is -2.33. The van der Waals surface area contributed by atoms with Gasteiger partial charge in [-0.1, -0.05) is 39.0 Å². The van der Waals surface area contributed by atoms with Crippen LogP contribution in [0.1, 0.15) is 38.8 Å². The molecule has 1 aliphatic rings. The van der Waals surface area contributed by atoms with Gasteiger partial charge < -0.3 is 5.11 Å². The molecule has 25 heavy (non-hydrogen) atoms. The molecule has 1 aromatic rings. The van der Waals surface area contributed by atoms with E-state index in [0.717, 1.165) is 11.1 Å². The van der Waals surface area contributed by atoms with Gasteiger partial charge in [-0.05, 0) is 53.8 Å². The fraction of sp³-hybridized carbons (Fsp3) is 0.300. The molecule has 0 bridgehead atoms. The minimum absolute atomic E-state index is 0.0889. The maximum Gasteiger partial charge on any atom is 0.148 e. The SMILES string of the molecule is C=C(C)c1cc(C(C)(C)C)cc(N(C)/N=C2/C=CC(Cl)=CC2=N)c1O. The van der Waals surface area contributed by atoms with Gasteiger partial charge in [-0.15, -0.1) is 0 Å². The van der Waals surface area contributed by atoms with E-state index in [2.05, 4.69) is 32.5 Å². The minimum Gasteiger partial charge on any atom is -0.505 e. The number of rotatable bonds is 3. The Labute approximate surface area is 154 Å². The highest BCUT2D eigenvalue weighted by atomic mass is 35.5. The molecule has 0 aliphatic heterocycles. The van der Waals surface area contributed by atoms with Crippen LogP contribution in [0.15, 0.2) is 47.1 Å². The average molecular weight is 358 g/mol. The Balaban J connectivity index is 2.54. The molecule has 0 unspecified atom stereocenters. The molecule has 132 valence electrons. The molecule has 0 atom stereocenters. The summed E-state index contributed by atoms with van der Waals surface area (Å²) in [7, 11) is 1.75. The Morgan fingerprint density at radius 3 is 2.44 bits per heavy atom. The van der Waals surface area contributed by atoms with Gasteiger partial charge in [0.2, 0.25) is 0 Å². The molecule has 1 aromatic carbocycles. The molecule has 0 aromatic heterocycles. The van der Waals surface area contributed by atoms with Gasteiger partial charge in [-0.2, -0.15) is 5.10 Å². The first-order chi connectivity index (χ1) is 11.5. The van der Waals surface area contributed by atoms with Gasteiger partial charge in [0.15, 0.2) is 0 Å². The van der Waals surface area contributed by atoms with Crippen LogP contribution in [0.4, 0.5) is 5.69 Å².